The highest BCUT2D eigenvalue weighted by molar-refractivity contribution is 5.89. The summed E-state index contributed by atoms with van der Waals surface area (Å²) < 4.78 is 0. The van der Waals surface area contributed by atoms with Crippen LogP contribution < -0.4 is 33.6 Å². The minimum absolute atomic E-state index is 0.157. The van der Waals surface area contributed by atoms with Crippen LogP contribution in [0, 0.1) is 0 Å². The Morgan fingerprint density at radius 1 is 1.04 bits per heavy atom. The first kappa shape index (κ1) is 23.0. The van der Waals surface area contributed by atoms with E-state index in [9.17, 15) is 34.8 Å². The van der Waals surface area contributed by atoms with Gasteiger partial charge in [-0.05, 0) is 0 Å². The summed E-state index contributed by atoms with van der Waals surface area (Å²) in [6.45, 7) is -0.591. The molecular weight excluding hydrogens is 340 g/mol. The molecule has 0 saturated heterocycles. The van der Waals surface area contributed by atoms with Crippen molar-refractivity contribution in [2.75, 3.05) is 13.1 Å². The van der Waals surface area contributed by atoms with Crippen LogP contribution in [0.25, 0.3) is 0 Å². The molecule has 0 spiro atoms. The van der Waals surface area contributed by atoms with Gasteiger partial charge in [0.15, 0.2) is 6.10 Å². The van der Waals surface area contributed by atoms with E-state index < -0.39 is 60.9 Å². The van der Waals surface area contributed by atoms with Gasteiger partial charge in [-0.15, -0.1) is 0 Å². The van der Waals surface area contributed by atoms with Crippen molar-refractivity contribution < 1.29 is 34.8 Å². The van der Waals surface area contributed by atoms with E-state index in [1.54, 1.807) is 0 Å². The summed E-state index contributed by atoms with van der Waals surface area (Å²) in [5.41, 5.74) is 20.6. The number of amides is 4. The average Bonchev–Trinajstić information content (AvgIpc) is 2.55. The molecule has 0 aromatic rings. The predicted molar refractivity (Wildman–Crippen MR) is 84.4 cm³/mol. The summed E-state index contributed by atoms with van der Waals surface area (Å²) in [6.07, 6.45) is -6.86. The lowest BCUT2D eigenvalue weighted by molar-refractivity contribution is -0.140. The van der Waals surface area contributed by atoms with Gasteiger partial charge in [-0.25, -0.2) is 4.79 Å². The molecule has 14 N–H and O–H groups in total. The number of nitrogens with two attached hydrogens (primary N) is 4. The van der Waals surface area contributed by atoms with E-state index in [1.807, 2.05) is 10.6 Å². The lowest BCUT2D eigenvalue weighted by Gasteiger charge is -2.28. The van der Waals surface area contributed by atoms with Gasteiger partial charge in [0.2, 0.25) is 5.91 Å². The molecule has 0 radical (unpaired) electrons. The summed E-state index contributed by atoms with van der Waals surface area (Å²) in [5, 5.41) is 42.8. The fourth-order valence-electron chi connectivity index (χ4n) is 1.81. The molecule has 6 unspecified atom stereocenters. The molecule has 13 heteroatoms. The van der Waals surface area contributed by atoms with Crippen molar-refractivity contribution >= 4 is 17.8 Å². The minimum Gasteiger partial charge on any atom is -0.392 e. The van der Waals surface area contributed by atoms with Gasteiger partial charge in [-0.3, -0.25) is 9.59 Å². The van der Waals surface area contributed by atoms with Crippen molar-refractivity contribution in [2.45, 2.75) is 42.9 Å². The maximum atomic E-state index is 11.9. The van der Waals surface area contributed by atoms with Crippen molar-refractivity contribution in [1.82, 2.24) is 10.6 Å². The van der Waals surface area contributed by atoms with E-state index in [0.29, 0.717) is 0 Å². The zero-order valence-electron chi connectivity index (χ0n) is 13.4. The third-order valence-electron chi connectivity index (χ3n) is 3.36. The zero-order valence-corrected chi connectivity index (χ0v) is 13.4. The van der Waals surface area contributed by atoms with E-state index in [4.69, 9.17) is 22.9 Å². The van der Waals surface area contributed by atoms with Crippen LogP contribution in [0.5, 0.6) is 0 Å². The number of hydrogen-bond donors (Lipinski definition) is 10. The Balaban J connectivity index is 4.77. The fraction of sp³-hybridized carbons (Fsp3) is 0.750. The van der Waals surface area contributed by atoms with Gasteiger partial charge in [0.25, 0.3) is 5.91 Å². The zero-order chi connectivity index (χ0) is 19.7. The quantitative estimate of drug-likeness (QED) is 0.166. The number of primary amides is 2. The largest absolute Gasteiger partial charge is 0.392 e. The molecule has 6 atom stereocenters. The first-order valence-electron chi connectivity index (χ1n) is 7.32. The number of rotatable bonds is 11. The normalized spacial score (nSPS) is 18.3. The minimum atomic E-state index is -2.12. The molecule has 0 fully saturated rings. The predicted octanol–water partition coefficient (Wildman–Crippen LogP) is -6.26. The SMILES string of the molecule is NCC(O)CC(O)C(N)C(O)C(O)C(=O)NC(CNC(N)=O)C(N)=O. The van der Waals surface area contributed by atoms with Gasteiger partial charge < -0.3 is 54.0 Å². The standard InChI is InChI=1S/C12H26N6O7/c13-2-4(19)1-6(20)7(14)8(21)9(22)11(24)18-5(10(15)23)3-17-12(16)25/h4-9,19-22H,1-3,13-14H2,(H2,15,23)(H,18,24)(H3,16,17,25). The van der Waals surface area contributed by atoms with Crippen LogP contribution in [0.1, 0.15) is 6.42 Å². The maximum Gasteiger partial charge on any atom is 0.312 e. The summed E-state index contributed by atoms with van der Waals surface area (Å²) in [7, 11) is 0. The monoisotopic (exact) mass is 366 g/mol. The van der Waals surface area contributed by atoms with Crippen LogP contribution in [0.2, 0.25) is 0 Å². The molecule has 0 aliphatic carbocycles. The van der Waals surface area contributed by atoms with E-state index in [-0.39, 0.29) is 13.0 Å². The Hall–Kier alpha value is -2.03. The molecule has 0 aromatic carbocycles. The summed E-state index contributed by atoms with van der Waals surface area (Å²) in [6, 6.07) is -3.86. The van der Waals surface area contributed by atoms with Gasteiger partial charge in [0.1, 0.15) is 12.1 Å². The Kier molecular flexibility index (Phi) is 9.88. The topological polar surface area (TPSA) is 260 Å². The third-order valence-corrected chi connectivity index (χ3v) is 3.36. The molecule has 0 bridgehead atoms. The molecule has 0 aliphatic heterocycles. The lowest BCUT2D eigenvalue weighted by atomic mass is 9.96. The number of carbonyl (C=O) groups excluding carboxylic acids is 3. The van der Waals surface area contributed by atoms with Crippen LogP contribution in [0.4, 0.5) is 4.79 Å². The molecule has 146 valence electrons. The molecule has 25 heavy (non-hydrogen) atoms. The maximum absolute atomic E-state index is 11.9. The second-order valence-electron chi connectivity index (χ2n) is 5.41. The van der Waals surface area contributed by atoms with E-state index in [1.165, 1.54) is 0 Å². The van der Waals surface area contributed by atoms with Crippen molar-refractivity contribution in [3.63, 3.8) is 0 Å². The summed E-state index contributed by atoms with van der Waals surface area (Å²) in [4.78, 5) is 33.7. The molecule has 0 saturated carbocycles. The van der Waals surface area contributed by atoms with Crippen molar-refractivity contribution in [3.8, 4) is 0 Å². The third kappa shape index (κ3) is 8.06. The number of aliphatic hydroxyl groups is 4. The van der Waals surface area contributed by atoms with Crippen molar-refractivity contribution in [2.24, 2.45) is 22.9 Å². The molecule has 0 aromatic heterocycles. The Labute approximate surface area is 143 Å². The highest BCUT2D eigenvalue weighted by atomic mass is 16.3. The Morgan fingerprint density at radius 2 is 1.60 bits per heavy atom. The molecule has 0 aliphatic rings. The second kappa shape index (κ2) is 10.8. The molecule has 0 heterocycles. The molecule has 4 amide bonds. The summed E-state index contributed by atoms with van der Waals surface area (Å²) >= 11 is 0. The first-order chi connectivity index (χ1) is 11.5. The van der Waals surface area contributed by atoms with E-state index in [0.717, 1.165) is 0 Å². The fourth-order valence-corrected chi connectivity index (χ4v) is 1.81. The number of aliphatic hydroxyl groups excluding tert-OH is 4. The summed E-state index contributed by atoms with van der Waals surface area (Å²) in [5.74, 6) is -2.25. The Morgan fingerprint density at radius 3 is 2.04 bits per heavy atom. The second-order valence-corrected chi connectivity index (χ2v) is 5.41. The van der Waals surface area contributed by atoms with Gasteiger partial charge >= 0.3 is 6.03 Å². The van der Waals surface area contributed by atoms with Crippen molar-refractivity contribution in [3.05, 3.63) is 0 Å². The number of carbonyl (C=O) groups is 3. The lowest BCUT2D eigenvalue weighted by Crippen LogP contribution is -2.59. The van der Waals surface area contributed by atoms with Crippen molar-refractivity contribution in [1.29, 1.82) is 0 Å². The van der Waals surface area contributed by atoms with E-state index >= 15 is 0 Å². The van der Waals surface area contributed by atoms with Crippen LogP contribution >= 0.6 is 0 Å². The number of hydrogen-bond acceptors (Lipinski definition) is 9. The van der Waals surface area contributed by atoms with Crippen LogP contribution in [0.15, 0.2) is 0 Å². The van der Waals surface area contributed by atoms with Crippen LogP contribution in [0.3, 0.4) is 0 Å². The first-order valence-corrected chi connectivity index (χ1v) is 7.32. The molecular formula is C12H26N6O7. The Bertz CT molecular complexity index is 465. The highest BCUT2D eigenvalue weighted by Crippen LogP contribution is 2.08. The van der Waals surface area contributed by atoms with Gasteiger partial charge in [-0.2, -0.15) is 0 Å². The van der Waals surface area contributed by atoms with Gasteiger partial charge in [0, 0.05) is 19.5 Å². The van der Waals surface area contributed by atoms with Crippen LogP contribution in [-0.4, -0.2) is 87.9 Å². The molecule has 13 nitrogen and oxygen atoms in total. The number of nitrogens with one attached hydrogen (secondary N) is 2. The van der Waals surface area contributed by atoms with Gasteiger partial charge in [-0.1, -0.05) is 0 Å². The average molecular weight is 366 g/mol. The smallest absolute Gasteiger partial charge is 0.312 e. The number of urea groups is 1. The molecule has 0 rings (SSSR count). The van der Waals surface area contributed by atoms with E-state index in [2.05, 4.69) is 0 Å². The highest BCUT2D eigenvalue weighted by Gasteiger charge is 2.35. The van der Waals surface area contributed by atoms with Gasteiger partial charge in [0.05, 0.1) is 18.2 Å². The van der Waals surface area contributed by atoms with Crippen LogP contribution in [-0.2, 0) is 9.59 Å².